The minimum absolute atomic E-state index is 0.00369. The van der Waals surface area contributed by atoms with Gasteiger partial charge < -0.3 is 10.6 Å². The van der Waals surface area contributed by atoms with E-state index in [0.29, 0.717) is 36.6 Å². The number of hydrogen-bond acceptors (Lipinski definition) is 2. The molecule has 1 aromatic rings. The SMILES string of the molecule is CCCNC(=O)CCNCc1c(F)cccc1Cl. The molecule has 18 heavy (non-hydrogen) atoms. The molecule has 5 heteroatoms. The number of benzene rings is 1. The van der Waals surface area contributed by atoms with E-state index >= 15 is 0 Å². The molecular weight excluding hydrogens is 255 g/mol. The first kappa shape index (κ1) is 14.9. The second-order valence-corrected chi connectivity index (χ2v) is 4.38. The molecule has 0 fully saturated rings. The van der Waals surface area contributed by atoms with Gasteiger partial charge in [0.1, 0.15) is 5.82 Å². The smallest absolute Gasteiger partial charge is 0.221 e. The van der Waals surface area contributed by atoms with Crippen LogP contribution < -0.4 is 10.6 Å². The Bertz CT molecular complexity index is 378. The van der Waals surface area contributed by atoms with E-state index in [1.165, 1.54) is 6.07 Å². The monoisotopic (exact) mass is 272 g/mol. The van der Waals surface area contributed by atoms with Crippen molar-refractivity contribution in [2.24, 2.45) is 0 Å². The highest BCUT2D eigenvalue weighted by Crippen LogP contribution is 2.18. The van der Waals surface area contributed by atoms with Crippen LogP contribution in [0.2, 0.25) is 5.02 Å². The minimum atomic E-state index is -0.328. The van der Waals surface area contributed by atoms with Gasteiger partial charge in [-0.2, -0.15) is 0 Å². The summed E-state index contributed by atoms with van der Waals surface area (Å²) < 4.78 is 13.4. The van der Waals surface area contributed by atoms with Gasteiger partial charge in [-0.15, -0.1) is 0 Å². The lowest BCUT2D eigenvalue weighted by Gasteiger charge is -2.08. The fourth-order valence-corrected chi connectivity index (χ4v) is 1.70. The van der Waals surface area contributed by atoms with E-state index in [0.717, 1.165) is 6.42 Å². The van der Waals surface area contributed by atoms with Crippen LogP contribution in [0.25, 0.3) is 0 Å². The summed E-state index contributed by atoms with van der Waals surface area (Å²) in [6.45, 7) is 3.52. The Morgan fingerprint density at radius 2 is 2.17 bits per heavy atom. The average Bonchev–Trinajstić information content (AvgIpc) is 2.35. The molecule has 0 heterocycles. The van der Waals surface area contributed by atoms with E-state index in [1.54, 1.807) is 12.1 Å². The summed E-state index contributed by atoms with van der Waals surface area (Å²) in [4.78, 5) is 11.3. The van der Waals surface area contributed by atoms with Gasteiger partial charge in [0.2, 0.25) is 5.91 Å². The molecule has 0 bridgehead atoms. The van der Waals surface area contributed by atoms with Crippen LogP contribution in [-0.4, -0.2) is 19.0 Å². The maximum Gasteiger partial charge on any atom is 0.221 e. The van der Waals surface area contributed by atoms with Crippen LogP contribution in [0.15, 0.2) is 18.2 Å². The second kappa shape index (κ2) is 8.06. The van der Waals surface area contributed by atoms with Crippen molar-refractivity contribution in [3.8, 4) is 0 Å². The van der Waals surface area contributed by atoms with Crippen LogP contribution in [-0.2, 0) is 11.3 Å². The predicted octanol–water partition coefficient (Wildman–Crippen LogP) is 2.49. The second-order valence-electron chi connectivity index (χ2n) is 3.98. The molecule has 0 aromatic heterocycles. The van der Waals surface area contributed by atoms with Gasteiger partial charge in [0, 0.05) is 36.6 Å². The van der Waals surface area contributed by atoms with E-state index < -0.39 is 0 Å². The van der Waals surface area contributed by atoms with Crippen LogP contribution >= 0.6 is 11.6 Å². The van der Waals surface area contributed by atoms with Crippen molar-refractivity contribution in [2.45, 2.75) is 26.3 Å². The normalized spacial score (nSPS) is 10.4. The minimum Gasteiger partial charge on any atom is -0.356 e. The van der Waals surface area contributed by atoms with E-state index in [2.05, 4.69) is 10.6 Å². The zero-order valence-electron chi connectivity index (χ0n) is 10.4. The third-order valence-electron chi connectivity index (χ3n) is 2.46. The number of halogens is 2. The van der Waals surface area contributed by atoms with Gasteiger partial charge in [-0.25, -0.2) is 4.39 Å². The molecule has 0 radical (unpaired) electrons. The molecule has 1 amide bonds. The molecule has 0 unspecified atom stereocenters. The summed E-state index contributed by atoms with van der Waals surface area (Å²) in [5.41, 5.74) is 0.438. The van der Waals surface area contributed by atoms with Crippen LogP contribution in [0.4, 0.5) is 4.39 Å². The number of hydrogen-bond donors (Lipinski definition) is 2. The molecule has 2 N–H and O–H groups in total. The Kier molecular flexibility index (Phi) is 6.68. The van der Waals surface area contributed by atoms with Gasteiger partial charge in [0.15, 0.2) is 0 Å². The van der Waals surface area contributed by atoms with Crippen LogP contribution in [0.3, 0.4) is 0 Å². The first-order chi connectivity index (χ1) is 8.65. The maximum absolute atomic E-state index is 13.4. The third-order valence-corrected chi connectivity index (χ3v) is 2.82. The Labute approximate surface area is 112 Å². The summed E-state index contributed by atoms with van der Waals surface area (Å²) in [5.74, 6) is -0.325. The number of carbonyl (C=O) groups excluding carboxylic acids is 1. The summed E-state index contributed by atoms with van der Waals surface area (Å²) in [7, 11) is 0. The van der Waals surface area contributed by atoms with Crippen LogP contribution in [0.5, 0.6) is 0 Å². The summed E-state index contributed by atoms with van der Waals surface area (Å²) >= 11 is 5.88. The van der Waals surface area contributed by atoms with Crippen LogP contribution in [0.1, 0.15) is 25.3 Å². The molecule has 0 atom stereocenters. The molecule has 0 saturated heterocycles. The molecule has 0 aliphatic rings. The third kappa shape index (κ3) is 5.02. The molecule has 0 saturated carbocycles. The first-order valence-corrected chi connectivity index (χ1v) is 6.43. The lowest BCUT2D eigenvalue weighted by Crippen LogP contribution is -2.28. The Balaban J connectivity index is 2.28. The quantitative estimate of drug-likeness (QED) is 0.749. The Hall–Kier alpha value is -1.13. The largest absolute Gasteiger partial charge is 0.356 e. The molecule has 0 aliphatic carbocycles. The predicted molar refractivity (Wildman–Crippen MR) is 71.0 cm³/mol. The zero-order valence-corrected chi connectivity index (χ0v) is 11.2. The van der Waals surface area contributed by atoms with Crippen molar-refractivity contribution in [1.82, 2.24) is 10.6 Å². The van der Waals surface area contributed by atoms with Crippen molar-refractivity contribution < 1.29 is 9.18 Å². The maximum atomic E-state index is 13.4. The fourth-order valence-electron chi connectivity index (χ4n) is 1.47. The Morgan fingerprint density at radius 1 is 1.39 bits per heavy atom. The van der Waals surface area contributed by atoms with Crippen LogP contribution in [0, 0.1) is 5.82 Å². The van der Waals surface area contributed by atoms with E-state index in [9.17, 15) is 9.18 Å². The molecule has 1 rings (SSSR count). The molecular formula is C13H18ClFN2O. The highest BCUT2D eigenvalue weighted by molar-refractivity contribution is 6.31. The lowest BCUT2D eigenvalue weighted by atomic mass is 10.2. The van der Waals surface area contributed by atoms with Crippen molar-refractivity contribution in [3.05, 3.63) is 34.6 Å². The summed E-state index contributed by atoms with van der Waals surface area (Å²) in [6, 6.07) is 4.59. The van der Waals surface area contributed by atoms with Gasteiger partial charge in [-0.1, -0.05) is 24.6 Å². The van der Waals surface area contributed by atoms with Crippen molar-refractivity contribution in [1.29, 1.82) is 0 Å². The van der Waals surface area contributed by atoms with Crippen molar-refractivity contribution in [3.63, 3.8) is 0 Å². The summed E-state index contributed by atoms with van der Waals surface area (Å²) in [5, 5.41) is 6.18. The molecule has 1 aromatic carbocycles. The number of carbonyl (C=O) groups is 1. The lowest BCUT2D eigenvalue weighted by molar-refractivity contribution is -0.120. The topological polar surface area (TPSA) is 41.1 Å². The highest BCUT2D eigenvalue weighted by Gasteiger charge is 2.06. The van der Waals surface area contributed by atoms with Crippen molar-refractivity contribution >= 4 is 17.5 Å². The van der Waals surface area contributed by atoms with E-state index in [1.807, 2.05) is 6.92 Å². The van der Waals surface area contributed by atoms with Gasteiger partial charge in [0.25, 0.3) is 0 Å². The molecule has 3 nitrogen and oxygen atoms in total. The van der Waals surface area contributed by atoms with Crippen molar-refractivity contribution in [2.75, 3.05) is 13.1 Å². The number of amides is 1. The number of nitrogens with one attached hydrogen (secondary N) is 2. The molecule has 0 spiro atoms. The van der Waals surface area contributed by atoms with E-state index in [4.69, 9.17) is 11.6 Å². The zero-order chi connectivity index (χ0) is 13.4. The molecule has 100 valence electrons. The standard InChI is InChI=1S/C13H18ClFN2O/c1-2-7-17-13(18)6-8-16-9-10-11(14)4-3-5-12(10)15/h3-5,16H,2,6-9H2,1H3,(H,17,18). The Morgan fingerprint density at radius 3 is 2.83 bits per heavy atom. The first-order valence-electron chi connectivity index (χ1n) is 6.05. The number of rotatable bonds is 7. The van der Waals surface area contributed by atoms with Gasteiger partial charge in [-0.3, -0.25) is 4.79 Å². The molecule has 0 aliphatic heterocycles. The average molecular weight is 273 g/mol. The fraction of sp³-hybridized carbons (Fsp3) is 0.462. The van der Waals surface area contributed by atoms with Gasteiger partial charge in [0.05, 0.1) is 0 Å². The van der Waals surface area contributed by atoms with Gasteiger partial charge in [-0.05, 0) is 18.6 Å². The van der Waals surface area contributed by atoms with Gasteiger partial charge >= 0.3 is 0 Å². The highest BCUT2D eigenvalue weighted by atomic mass is 35.5. The summed E-state index contributed by atoms with van der Waals surface area (Å²) in [6.07, 6.45) is 1.30. The van der Waals surface area contributed by atoms with E-state index in [-0.39, 0.29) is 11.7 Å².